The van der Waals surface area contributed by atoms with Crippen LogP contribution in [0.15, 0.2) is 11.6 Å². The lowest BCUT2D eigenvalue weighted by Crippen LogP contribution is -2.03. The zero-order chi connectivity index (χ0) is 13.3. The minimum atomic E-state index is -0.0607. The maximum absolute atomic E-state index is 11.1. The predicted octanol–water partition coefficient (Wildman–Crippen LogP) is 4.49. The number of allylic oxidation sites excluding steroid dienone is 2. The maximum atomic E-state index is 11.1. The van der Waals surface area contributed by atoms with Crippen molar-refractivity contribution in [3.8, 4) is 0 Å². The van der Waals surface area contributed by atoms with E-state index in [0.29, 0.717) is 13.0 Å². The van der Waals surface area contributed by atoms with Crippen LogP contribution < -0.4 is 0 Å². The van der Waals surface area contributed by atoms with Crippen LogP contribution in [0.3, 0.4) is 0 Å². The van der Waals surface area contributed by atoms with E-state index in [0.717, 1.165) is 25.7 Å². The third-order valence-corrected chi connectivity index (χ3v) is 2.44. The third-order valence-electron chi connectivity index (χ3n) is 2.44. The molecule has 0 fully saturated rings. The highest BCUT2D eigenvalue weighted by atomic mass is 16.5. The normalized spacial score (nSPS) is 12.6. The second-order valence-corrected chi connectivity index (χ2v) is 5.72. The van der Waals surface area contributed by atoms with Gasteiger partial charge in [0, 0.05) is 6.42 Å². The fraction of sp³-hybridized carbons (Fsp3) is 0.800. The summed E-state index contributed by atoms with van der Waals surface area (Å²) >= 11 is 0. The van der Waals surface area contributed by atoms with Crippen molar-refractivity contribution in [3.05, 3.63) is 11.6 Å². The monoisotopic (exact) mass is 240 g/mol. The molecule has 0 aromatic heterocycles. The van der Waals surface area contributed by atoms with Crippen molar-refractivity contribution in [2.75, 3.05) is 6.61 Å². The van der Waals surface area contributed by atoms with E-state index < -0.39 is 0 Å². The Bertz CT molecular complexity index is 246. The van der Waals surface area contributed by atoms with E-state index in [4.69, 9.17) is 4.74 Å². The fourth-order valence-electron chi connectivity index (χ4n) is 1.89. The summed E-state index contributed by atoms with van der Waals surface area (Å²) in [5.41, 5.74) is 1.73. The van der Waals surface area contributed by atoms with Gasteiger partial charge in [0.15, 0.2) is 0 Å². The quantitative estimate of drug-likeness (QED) is 0.372. The molecule has 0 aliphatic heterocycles. The van der Waals surface area contributed by atoms with Gasteiger partial charge in [0.1, 0.15) is 0 Å². The first kappa shape index (κ1) is 16.2. The first-order valence-corrected chi connectivity index (χ1v) is 6.69. The molecule has 17 heavy (non-hydrogen) atoms. The Morgan fingerprint density at radius 3 is 2.24 bits per heavy atom. The van der Waals surface area contributed by atoms with Gasteiger partial charge < -0.3 is 4.74 Å². The average Bonchev–Trinajstić information content (AvgIpc) is 2.14. The van der Waals surface area contributed by atoms with E-state index in [1.54, 1.807) is 0 Å². The van der Waals surface area contributed by atoms with Crippen molar-refractivity contribution in [2.24, 2.45) is 5.41 Å². The van der Waals surface area contributed by atoms with Crippen molar-refractivity contribution in [1.29, 1.82) is 0 Å². The molecule has 0 aromatic carbocycles. The van der Waals surface area contributed by atoms with Gasteiger partial charge in [-0.1, -0.05) is 38.8 Å². The summed E-state index contributed by atoms with van der Waals surface area (Å²) in [4.78, 5) is 11.1. The number of carbonyl (C=O) groups is 1. The molecule has 0 saturated carbocycles. The lowest BCUT2D eigenvalue weighted by molar-refractivity contribution is -0.143. The van der Waals surface area contributed by atoms with Crippen LogP contribution in [0, 0.1) is 5.41 Å². The average molecular weight is 240 g/mol. The van der Waals surface area contributed by atoms with Crippen molar-refractivity contribution in [2.45, 2.75) is 66.7 Å². The Morgan fingerprint density at radius 1 is 1.12 bits per heavy atom. The van der Waals surface area contributed by atoms with Crippen molar-refractivity contribution < 1.29 is 9.53 Å². The summed E-state index contributed by atoms with van der Waals surface area (Å²) in [5.74, 6) is -0.0607. The van der Waals surface area contributed by atoms with Crippen LogP contribution in [0.25, 0.3) is 0 Å². The van der Waals surface area contributed by atoms with Gasteiger partial charge in [-0.3, -0.25) is 4.79 Å². The molecule has 0 N–H and O–H groups in total. The van der Waals surface area contributed by atoms with Crippen LogP contribution >= 0.6 is 0 Å². The van der Waals surface area contributed by atoms with Crippen LogP contribution in [-0.2, 0) is 9.53 Å². The lowest BCUT2D eigenvalue weighted by atomic mass is 9.92. The summed E-state index contributed by atoms with van der Waals surface area (Å²) in [6.07, 6.45) is 7.25. The van der Waals surface area contributed by atoms with E-state index in [1.807, 2.05) is 6.92 Å². The summed E-state index contributed by atoms with van der Waals surface area (Å²) in [6, 6.07) is 0. The first-order valence-electron chi connectivity index (χ1n) is 6.69. The van der Waals surface area contributed by atoms with Crippen LogP contribution in [0.4, 0.5) is 0 Å². The zero-order valence-electron chi connectivity index (χ0n) is 12.1. The van der Waals surface area contributed by atoms with Gasteiger partial charge in [-0.25, -0.2) is 0 Å². The molecule has 0 heterocycles. The van der Waals surface area contributed by atoms with Gasteiger partial charge in [0.2, 0.25) is 0 Å². The summed E-state index contributed by atoms with van der Waals surface area (Å²) < 4.78 is 4.89. The van der Waals surface area contributed by atoms with Crippen molar-refractivity contribution in [1.82, 2.24) is 0 Å². The highest BCUT2D eigenvalue weighted by molar-refractivity contribution is 5.69. The molecule has 0 amide bonds. The lowest BCUT2D eigenvalue weighted by Gasteiger charge is -2.14. The molecular formula is C15H28O2. The minimum Gasteiger partial charge on any atom is -0.466 e. The summed E-state index contributed by atoms with van der Waals surface area (Å²) in [6.45, 7) is 11.2. The number of hydrogen-bond acceptors (Lipinski definition) is 2. The van der Waals surface area contributed by atoms with Gasteiger partial charge in [-0.15, -0.1) is 0 Å². The van der Waals surface area contributed by atoms with Gasteiger partial charge >= 0.3 is 5.97 Å². The van der Waals surface area contributed by atoms with E-state index in [-0.39, 0.29) is 11.4 Å². The van der Waals surface area contributed by atoms with E-state index in [9.17, 15) is 4.79 Å². The number of unbranched alkanes of at least 4 members (excludes halogenated alkanes) is 2. The topological polar surface area (TPSA) is 26.3 Å². The Balaban J connectivity index is 3.59. The molecule has 0 atom stereocenters. The molecular weight excluding hydrogens is 212 g/mol. The van der Waals surface area contributed by atoms with Gasteiger partial charge in [0.05, 0.1) is 6.61 Å². The van der Waals surface area contributed by atoms with Gasteiger partial charge in [0.25, 0.3) is 0 Å². The Labute approximate surface area is 106 Å². The highest BCUT2D eigenvalue weighted by Gasteiger charge is 2.06. The number of ether oxygens (including phenoxy) is 1. The third kappa shape index (κ3) is 11.5. The predicted molar refractivity (Wildman–Crippen MR) is 72.9 cm³/mol. The SMILES string of the molecule is CCOC(=O)CCCCCC(C)=CC(C)(C)C. The smallest absolute Gasteiger partial charge is 0.305 e. The molecule has 0 aliphatic carbocycles. The Hall–Kier alpha value is -0.790. The molecule has 2 heteroatoms. The zero-order valence-corrected chi connectivity index (χ0v) is 12.1. The minimum absolute atomic E-state index is 0.0607. The number of hydrogen-bond donors (Lipinski definition) is 0. The summed E-state index contributed by atoms with van der Waals surface area (Å²) in [5, 5.41) is 0. The second kappa shape index (κ2) is 8.32. The van der Waals surface area contributed by atoms with Gasteiger partial charge in [-0.05, 0) is 38.5 Å². The molecule has 0 rings (SSSR count). The molecule has 0 aromatic rings. The fourth-order valence-corrected chi connectivity index (χ4v) is 1.89. The molecule has 0 radical (unpaired) electrons. The van der Waals surface area contributed by atoms with Gasteiger partial charge in [-0.2, -0.15) is 0 Å². The molecule has 0 unspecified atom stereocenters. The van der Waals surface area contributed by atoms with Crippen LogP contribution in [0.5, 0.6) is 0 Å². The Kier molecular flexibility index (Phi) is 7.94. The van der Waals surface area contributed by atoms with Crippen molar-refractivity contribution >= 4 is 5.97 Å². The van der Waals surface area contributed by atoms with E-state index in [2.05, 4.69) is 33.8 Å². The standard InChI is InChI=1S/C15H28O2/c1-6-17-14(16)11-9-7-8-10-13(2)12-15(3,4)5/h12H,6-11H2,1-5H3. The first-order chi connectivity index (χ1) is 7.85. The molecule has 0 aliphatic rings. The van der Waals surface area contributed by atoms with E-state index >= 15 is 0 Å². The molecule has 0 saturated heterocycles. The molecule has 2 nitrogen and oxygen atoms in total. The second-order valence-electron chi connectivity index (χ2n) is 5.72. The number of rotatable bonds is 7. The molecule has 100 valence electrons. The summed E-state index contributed by atoms with van der Waals surface area (Å²) in [7, 11) is 0. The number of esters is 1. The molecule has 0 bridgehead atoms. The van der Waals surface area contributed by atoms with Crippen molar-refractivity contribution in [3.63, 3.8) is 0 Å². The maximum Gasteiger partial charge on any atom is 0.305 e. The molecule has 0 spiro atoms. The number of carbonyl (C=O) groups excluding carboxylic acids is 1. The van der Waals surface area contributed by atoms with Crippen LogP contribution in [0.2, 0.25) is 0 Å². The highest BCUT2D eigenvalue weighted by Crippen LogP contribution is 2.20. The Morgan fingerprint density at radius 2 is 1.71 bits per heavy atom. The largest absolute Gasteiger partial charge is 0.466 e. The van der Waals surface area contributed by atoms with E-state index in [1.165, 1.54) is 5.57 Å². The van der Waals surface area contributed by atoms with Crippen LogP contribution in [0.1, 0.15) is 66.7 Å². The van der Waals surface area contributed by atoms with Crippen LogP contribution in [-0.4, -0.2) is 12.6 Å².